The summed E-state index contributed by atoms with van der Waals surface area (Å²) in [5.41, 5.74) is 3.78. The van der Waals surface area contributed by atoms with Crippen LogP contribution in [-0.2, 0) is 15.4 Å². The lowest BCUT2D eigenvalue weighted by Gasteiger charge is -2.40. The van der Waals surface area contributed by atoms with Crippen LogP contribution in [0.25, 0.3) is 0 Å². The Hall–Kier alpha value is -3.22. The SMILES string of the molecule is COc1ccc(C(=O)Nc2ccc(F)c(C3(C)CS(=O)(=O)C(C)(CC(F)(F)F)C(N)=N3)c2)nc1. The van der Waals surface area contributed by atoms with Crippen molar-refractivity contribution in [3.63, 3.8) is 0 Å². The number of sulfone groups is 1. The Morgan fingerprint density at radius 3 is 2.44 bits per heavy atom. The van der Waals surface area contributed by atoms with Gasteiger partial charge in [0.1, 0.15) is 33.4 Å². The third-order valence-electron chi connectivity index (χ3n) is 5.61. The van der Waals surface area contributed by atoms with Crippen LogP contribution in [-0.4, -0.2) is 48.9 Å². The number of amidine groups is 1. The molecule has 3 N–H and O–H groups in total. The number of amides is 1. The Morgan fingerprint density at radius 1 is 1.24 bits per heavy atom. The molecule has 1 aliphatic rings. The molecule has 3 rings (SSSR count). The van der Waals surface area contributed by atoms with E-state index in [2.05, 4.69) is 15.3 Å². The van der Waals surface area contributed by atoms with Crippen molar-refractivity contribution in [2.45, 2.75) is 36.7 Å². The molecule has 0 aliphatic carbocycles. The topological polar surface area (TPSA) is 124 Å². The molecule has 0 spiro atoms. The number of anilines is 1. The second-order valence-electron chi connectivity index (χ2n) is 8.28. The first-order valence-corrected chi connectivity index (χ1v) is 11.5. The van der Waals surface area contributed by atoms with Gasteiger partial charge < -0.3 is 15.8 Å². The lowest BCUT2D eigenvalue weighted by Crippen LogP contribution is -2.58. The average molecular weight is 502 g/mol. The van der Waals surface area contributed by atoms with Crippen LogP contribution in [0.15, 0.2) is 41.5 Å². The molecule has 1 aromatic heterocycles. The van der Waals surface area contributed by atoms with Gasteiger partial charge in [-0.25, -0.2) is 17.8 Å². The summed E-state index contributed by atoms with van der Waals surface area (Å²) in [6.45, 7) is 2.10. The van der Waals surface area contributed by atoms with Gasteiger partial charge in [-0.15, -0.1) is 0 Å². The smallest absolute Gasteiger partial charge is 0.391 e. The Labute approximate surface area is 193 Å². The molecule has 184 valence electrons. The Bertz CT molecular complexity index is 1250. The number of halogens is 4. The Balaban J connectivity index is 1.97. The number of nitrogens with one attached hydrogen (secondary N) is 1. The number of hydrogen-bond acceptors (Lipinski definition) is 7. The van der Waals surface area contributed by atoms with Crippen molar-refractivity contribution in [3.05, 3.63) is 53.6 Å². The van der Waals surface area contributed by atoms with Crippen LogP contribution < -0.4 is 15.8 Å². The minimum atomic E-state index is -4.82. The number of rotatable bonds is 5. The van der Waals surface area contributed by atoms with E-state index in [4.69, 9.17) is 10.5 Å². The van der Waals surface area contributed by atoms with E-state index in [1.54, 1.807) is 0 Å². The van der Waals surface area contributed by atoms with Gasteiger partial charge in [0.05, 0.1) is 25.5 Å². The minimum absolute atomic E-state index is 0.0308. The number of aliphatic imine (C=N–C) groups is 1. The number of pyridine rings is 1. The zero-order valence-electron chi connectivity index (χ0n) is 18.4. The zero-order chi connectivity index (χ0) is 25.5. The van der Waals surface area contributed by atoms with Crippen LogP contribution in [0.4, 0.5) is 23.2 Å². The molecule has 2 aromatic rings. The molecule has 13 heteroatoms. The number of aromatic nitrogens is 1. The normalized spacial score (nSPS) is 24.3. The quantitative estimate of drug-likeness (QED) is 0.606. The maximum absolute atomic E-state index is 14.8. The summed E-state index contributed by atoms with van der Waals surface area (Å²) < 4.78 is 82.2. The van der Waals surface area contributed by atoms with E-state index in [-0.39, 0.29) is 16.9 Å². The highest BCUT2D eigenvalue weighted by atomic mass is 32.2. The Morgan fingerprint density at radius 2 is 1.91 bits per heavy atom. The highest BCUT2D eigenvalue weighted by Crippen LogP contribution is 2.42. The molecule has 1 aromatic carbocycles. The maximum Gasteiger partial charge on any atom is 0.391 e. The molecule has 1 aliphatic heterocycles. The van der Waals surface area contributed by atoms with Crippen molar-refractivity contribution < 1.29 is 35.5 Å². The summed E-state index contributed by atoms with van der Waals surface area (Å²) in [4.78, 5) is 20.4. The summed E-state index contributed by atoms with van der Waals surface area (Å²) in [5, 5.41) is 2.51. The fourth-order valence-corrected chi connectivity index (χ4v) is 5.70. The molecular weight excluding hydrogens is 480 g/mol. The second kappa shape index (κ2) is 8.53. The van der Waals surface area contributed by atoms with E-state index in [1.165, 1.54) is 38.4 Å². The standard InChI is InChI=1S/C21H22F4N4O4S/c1-19(11-34(31,32)20(2,18(26)29-19)10-21(23,24)25)14-8-12(4-6-15(14)22)28-17(30)16-7-5-13(33-3)9-27-16/h4-9H,10-11H2,1-3H3,(H2,26,29)(H,28,30). The van der Waals surface area contributed by atoms with Gasteiger partial charge in [0.25, 0.3) is 5.91 Å². The monoisotopic (exact) mass is 502 g/mol. The molecule has 1 amide bonds. The van der Waals surface area contributed by atoms with Crippen LogP contribution in [0.2, 0.25) is 0 Å². The van der Waals surface area contributed by atoms with Crippen LogP contribution in [0.3, 0.4) is 0 Å². The molecule has 0 fully saturated rings. The van der Waals surface area contributed by atoms with E-state index in [9.17, 15) is 30.8 Å². The van der Waals surface area contributed by atoms with Crippen molar-refractivity contribution in [1.82, 2.24) is 4.98 Å². The minimum Gasteiger partial charge on any atom is -0.495 e. The fourth-order valence-electron chi connectivity index (χ4n) is 3.67. The highest BCUT2D eigenvalue weighted by molar-refractivity contribution is 7.93. The van der Waals surface area contributed by atoms with Gasteiger partial charge in [-0.3, -0.25) is 9.79 Å². The van der Waals surface area contributed by atoms with Crippen molar-refractivity contribution in [3.8, 4) is 5.75 Å². The van der Waals surface area contributed by atoms with Gasteiger partial charge in [-0.1, -0.05) is 0 Å². The van der Waals surface area contributed by atoms with E-state index in [1.807, 2.05) is 0 Å². The van der Waals surface area contributed by atoms with Crippen molar-refractivity contribution in [2.75, 3.05) is 18.2 Å². The van der Waals surface area contributed by atoms with Gasteiger partial charge in [-0.05, 0) is 44.2 Å². The van der Waals surface area contributed by atoms with Gasteiger partial charge in [0.2, 0.25) is 0 Å². The number of alkyl halides is 3. The molecule has 2 atom stereocenters. The molecule has 2 unspecified atom stereocenters. The molecule has 0 saturated carbocycles. The number of hydrogen-bond donors (Lipinski definition) is 2. The van der Waals surface area contributed by atoms with Crippen molar-refractivity contribution in [2.24, 2.45) is 10.7 Å². The molecular formula is C21H22F4N4O4S. The first-order chi connectivity index (χ1) is 15.6. The molecule has 0 radical (unpaired) electrons. The van der Waals surface area contributed by atoms with Crippen molar-refractivity contribution in [1.29, 1.82) is 0 Å². The van der Waals surface area contributed by atoms with E-state index in [0.717, 1.165) is 19.1 Å². The Kier molecular flexibility index (Phi) is 6.37. The van der Waals surface area contributed by atoms with Crippen molar-refractivity contribution >= 4 is 27.3 Å². The zero-order valence-corrected chi connectivity index (χ0v) is 19.2. The first kappa shape index (κ1) is 25.4. The van der Waals surface area contributed by atoms with Crippen LogP contribution in [0, 0.1) is 5.82 Å². The third kappa shape index (κ3) is 4.83. The van der Waals surface area contributed by atoms with Crippen LogP contribution in [0.1, 0.15) is 36.3 Å². The van der Waals surface area contributed by atoms with E-state index < -0.39 is 56.0 Å². The van der Waals surface area contributed by atoms with E-state index in [0.29, 0.717) is 5.75 Å². The van der Waals surface area contributed by atoms with Gasteiger partial charge in [-0.2, -0.15) is 13.2 Å². The number of benzene rings is 1. The first-order valence-electron chi connectivity index (χ1n) is 9.86. The number of nitrogens with two attached hydrogens (primary N) is 1. The lowest BCUT2D eigenvalue weighted by molar-refractivity contribution is -0.137. The van der Waals surface area contributed by atoms with E-state index >= 15 is 0 Å². The summed E-state index contributed by atoms with van der Waals surface area (Å²) in [6.07, 6.45) is -5.21. The number of carbonyl (C=O) groups is 1. The predicted molar refractivity (Wildman–Crippen MR) is 117 cm³/mol. The average Bonchev–Trinajstić information content (AvgIpc) is 2.72. The summed E-state index contributed by atoms with van der Waals surface area (Å²) in [7, 11) is -3.08. The largest absolute Gasteiger partial charge is 0.495 e. The predicted octanol–water partition coefficient (Wildman–Crippen LogP) is 3.19. The lowest BCUT2D eigenvalue weighted by atomic mass is 9.92. The number of methoxy groups -OCH3 is 1. The van der Waals surface area contributed by atoms with Crippen LogP contribution >= 0.6 is 0 Å². The molecule has 2 heterocycles. The summed E-state index contributed by atoms with van der Waals surface area (Å²) in [6, 6.07) is 6.30. The molecule has 34 heavy (non-hydrogen) atoms. The van der Waals surface area contributed by atoms with Gasteiger partial charge in [0.15, 0.2) is 9.84 Å². The number of ether oxygens (including phenoxy) is 1. The third-order valence-corrected chi connectivity index (χ3v) is 8.28. The molecule has 0 bridgehead atoms. The van der Waals surface area contributed by atoms with Gasteiger partial charge >= 0.3 is 6.18 Å². The molecule has 0 saturated heterocycles. The fraction of sp³-hybridized carbons (Fsp3) is 0.381. The maximum atomic E-state index is 14.8. The second-order valence-corrected chi connectivity index (χ2v) is 10.7. The number of nitrogens with zero attached hydrogens (tertiary/aromatic N) is 2. The number of carbonyl (C=O) groups excluding carboxylic acids is 1. The highest BCUT2D eigenvalue weighted by Gasteiger charge is 2.56. The molecule has 8 nitrogen and oxygen atoms in total. The summed E-state index contributed by atoms with van der Waals surface area (Å²) >= 11 is 0. The summed E-state index contributed by atoms with van der Waals surface area (Å²) in [5.74, 6) is -2.76. The van der Waals surface area contributed by atoms with Gasteiger partial charge in [0, 0.05) is 11.3 Å². The van der Waals surface area contributed by atoms with Crippen LogP contribution in [0.5, 0.6) is 5.75 Å².